The van der Waals surface area contributed by atoms with Crippen molar-refractivity contribution in [2.24, 2.45) is 0 Å². The highest BCUT2D eigenvalue weighted by atomic mass is 32.2. The van der Waals surface area contributed by atoms with Crippen LogP contribution in [-0.2, 0) is 5.41 Å². The van der Waals surface area contributed by atoms with Gasteiger partial charge in [-0.2, -0.15) is 5.26 Å². The normalized spacial score (nSPS) is 13.1. The number of hydrogen-bond donors (Lipinski definition) is 0. The molecule has 0 saturated heterocycles. The first kappa shape index (κ1) is 32.4. The summed E-state index contributed by atoms with van der Waals surface area (Å²) in [7, 11) is 0. The van der Waals surface area contributed by atoms with E-state index >= 15 is 0 Å². The quantitative estimate of drug-likeness (QED) is 0.181. The SMILES string of the molecule is N#Cc1cccc(-c2ccc3c(c2)Sc2cc(-c4nc(-c5ccccc5)cc(-c5cccc6ccccc56)n4)ccc2C32c3ccccc3-c3ccccc32)c1. The van der Waals surface area contributed by atoms with E-state index in [1.165, 1.54) is 48.6 Å². The molecular formula is C52H31N3S. The summed E-state index contributed by atoms with van der Waals surface area (Å²) < 4.78 is 0. The van der Waals surface area contributed by atoms with Crippen molar-refractivity contribution >= 4 is 22.5 Å². The van der Waals surface area contributed by atoms with Crippen LogP contribution in [0.5, 0.6) is 0 Å². The zero-order chi connectivity index (χ0) is 37.2. The largest absolute Gasteiger partial charge is 0.228 e. The number of nitrogens with zero attached hydrogens (tertiary/aromatic N) is 3. The van der Waals surface area contributed by atoms with Crippen LogP contribution < -0.4 is 0 Å². The van der Waals surface area contributed by atoms with E-state index in [1.807, 2.05) is 24.3 Å². The Hall–Kier alpha value is -7.06. The van der Waals surface area contributed by atoms with Crippen molar-refractivity contribution in [2.75, 3.05) is 0 Å². The Morgan fingerprint density at radius 1 is 0.429 bits per heavy atom. The molecule has 9 aromatic rings. The van der Waals surface area contributed by atoms with E-state index in [-0.39, 0.29) is 0 Å². The predicted molar refractivity (Wildman–Crippen MR) is 227 cm³/mol. The average molecular weight is 730 g/mol. The molecule has 0 N–H and O–H groups in total. The summed E-state index contributed by atoms with van der Waals surface area (Å²) in [6.07, 6.45) is 0. The lowest BCUT2D eigenvalue weighted by atomic mass is 9.67. The number of benzene rings is 8. The fourth-order valence-electron chi connectivity index (χ4n) is 8.92. The average Bonchev–Trinajstić information content (AvgIpc) is 3.56. The van der Waals surface area contributed by atoms with Gasteiger partial charge in [0.15, 0.2) is 5.82 Å². The molecule has 11 rings (SSSR count). The Morgan fingerprint density at radius 3 is 1.77 bits per heavy atom. The molecule has 1 aliphatic carbocycles. The van der Waals surface area contributed by atoms with Gasteiger partial charge in [0.25, 0.3) is 0 Å². The highest BCUT2D eigenvalue weighted by Gasteiger charge is 2.50. The summed E-state index contributed by atoms with van der Waals surface area (Å²) in [5.41, 5.74) is 14.7. The molecule has 0 atom stereocenters. The van der Waals surface area contributed by atoms with Crippen LogP contribution in [0.25, 0.3) is 66.9 Å². The molecule has 8 aromatic carbocycles. The zero-order valence-electron chi connectivity index (χ0n) is 30.1. The van der Waals surface area contributed by atoms with Crippen LogP contribution >= 0.6 is 11.8 Å². The summed E-state index contributed by atoms with van der Waals surface area (Å²) in [4.78, 5) is 12.9. The minimum Gasteiger partial charge on any atom is -0.228 e. The second kappa shape index (κ2) is 12.8. The first-order valence-corrected chi connectivity index (χ1v) is 19.6. The van der Waals surface area contributed by atoms with Crippen molar-refractivity contribution in [2.45, 2.75) is 15.2 Å². The van der Waals surface area contributed by atoms with Crippen molar-refractivity contribution in [3.05, 3.63) is 216 Å². The maximum Gasteiger partial charge on any atom is 0.160 e. The molecule has 2 heterocycles. The van der Waals surface area contributed by atoms with Gasteiger partial charge in [-0.15, -0.1) is 0 Å². The maximum atomic E-state index is 9.70. The third kappa shape index (κ3) is 4.92. The summed E-state index contributed by atoms with van der Waals surface area (Å²) in [5, 5.41) is 12.0. The minimum atomic E-state index is -0.518. The Bertz CT molecular complexity index is 3040. The van der Waals surface area contributed by atoms with Gasteiger partial charge in [0, 0.05) is 26.5 Å². The van der Waals surface area contributed by atoms with Crippen molar-refractivity contribution in [3.8, 4) is 62.2 Å². The molecule has 0 unspecified atom stereocenters. The fourth-order valence-corrected chi connectivity index (χ4v) is 10.2. The van der Waals surface area contributed by atoms with E-state index in [9.17, 15) is 5.26 Å². The molecule has 2 aliphatic rings. The highest BCUT2D eigenvalue weighted by Crippen LogP contribution is 2.62. The lowest BCUT2D eigenvalue weighted by Crippen LogP contribution is -2.32. The molecule has 0 saturated carbocycles. The van der Waals surface area contributed by atoms with Crippen LogP contribution in [-0.4, -0.2) is 9.97 Å². The number of nitriles is 1. The molecule has 0 radical (unpaired) electrons. The van der Waals surface area contributed by atoms with Crippen molar-refractivity contribution in [1.29, 1.82) is 5.26 Å². The maximum absolute atomic E-state index is 9.70. The molecule has 0 fully saturated rings. The summed E-state index contributed by atoms with van der Waals surface area (Å²) in [5.74, 6) is 0.687. The Morgan fingerprint density at radius 2 is 1.00 bits per heavy atom. The van der Waals surface area contributed by atoms with Gasteiger partial charge in [0.05, 0.1) is 28.4 Å². The summed E-state index contributed by atoms with van der Waals surface area (Å²) >= 11 is 1.80. The summed E-state index contributed by atoms with van der Waals surface area (Å²) in [6.45, 7) is 0. The second-order valence-electron chi connectivity index (χ2n) is 14.4. The molecule has 56 heavy (non-hydrogen) atoms. The van der Waals surface area contributed by atoms with Crippen LogP contribution in [0.4, 0.5) is 0 Å². The van der Waals surface area contributed by atoms with Gasteiger partial charge in [-0.25, -0.2) is 9.97 Å². The first-order valence-electron chi connectivity index (χ1n) is 18.8. The molecule has 3 nitrogen and oxygen atoms in total. The van der Waals surface area contributed by atoms with Gasteiger partial charge in [0.2, 0.25) is 0 Å². The van der Waals surface area contributed by atoms with Crippen molar-refractivity contribution in [1.82, 2.24) is 9.97 Å². The van der Waals surface area contributed by atoms with Gasteiger partial charge >= 0.3 is 0 Å². The Balaban J connectivity index is 1.15. The molecule has 1 aromatic heterocycles. The number of fused-ring (bicyclic) bond motifs is 10. The van der Waals surface area contributed by atoms with E-state index < -0.39 is 5.41 Å². The Kier molecular flexibility index (Phi) is 7.38. The summed E-state index contributed by atoms with van der Waals surface area (Å²) in [6, 6.07) is 69.0. The van der Waals surface area contributed by atoms with E-state index in [0.29, 0.717) is 11.4 Å². The van der Waals surface area contributed by atoms with Gasteiger partial charge in [-0.05, 0) is 85.6 Å². The van der Waals surface area contributed by atoms with Gasteiger partial charge in [-0.3, -0.25) is 0 Å². The van der Waals surface area contributed by atoms with Crippen molar-refractivity contribution < 1.29 is 0 Å². The minimum absolute atomic E-state index is 0.518. The monoisotopic (exact) mass is 729 g/mol. The zero-order valence-corrected chi connectivity index (χ0v) is 31.0. The predicted octanol–water partition coefficient (Wildman–Crippen LogP) is 13.0. The van der Waals surface area contributed by atoms with E-state index in [2.05, 4.69) is 170 Å². The lowest BCUT2D eigenvalue weighted by molar-refractivity contribution is 0.723. The first-order chi connectivity index (χ1) is 27.7. The number of hydrogen-bond acceptors (Lipinski definition) is 4. The van der Waals surface area contributed by atoms with E-state index in [4.69, 9.17) is 9.97 Å². The van der Waals surface area contributed by atoms with Crippen LogP contribution in [0.15, 0.2) is 198 Å². The Labute approximate surface area is 329 Å². The smallest absolute Gasteiger partial charge is 0.160 e. The fraction of sp³-hybridized carbons (Fsp3) is 0.0192. The van der Waals surface area contributed by atoms with Gasteiger partial charge < -0.3 is 0 Å². The van der Waals surface area contributed by atoms with Crippen LogP contribution in [0, 0.1) is 11.3 Å². The molecule has 0 amide bonds. The molecule has 4 heteroatoms. The van der Waals surface area contributed by atoms with Crippen molar-refractivity contribution in [3.63, 3.8) is 0 Å². The number of rotatable bonds is 4. The number of aromatic nitrogens is 2. The van der Waals surface area contributed by atoms with E-state index in [1.54, 1.807) is 11.8 Å². The molecule has 260 valence electrons. The molecule has 1 spiro atoms. The van der Waals surface area contributed by atoms with Crippen LogP contribution in [0.1, 0.15) is 27.8 Å². The topological polar surface area (TPSA) is 49.6 Å². The van der Waals surface area contributed by atoms with Gasteiger partial charge in [0.1, 0.15) is 0 Å². The highest BCUT2D eigenvalue weighted by molar-refractivity contribution is 7.99. The molecular weight excluding hydrogens is 699 g/mol. The second-order valence-corrected chi connectivity index (χ2v) is 15.5. The molecule has 0 bridgehead atoms. The lowest BCUT2D eigenvalue weighted by Gasteiger charge is -2.40. The van der Waals surface area contributed by atoms with Gasteiger partial charge in [-0.1, -0.05) is 169 Å². The third-order valence-electron chi connectivity index (χ3n) is 11.4. The molecule has 1 aliphatic heterocycles. The standard InChI is InChI=1S/C52H31N3S/c53-32-33-12-10-17-36(28-33)37-24-26-45-49(29-37)56-50-30-38(25-27-46(50)52(45)43-22-8-6-19-40(43)41-20-7-9-23-44(41)52)51-54-47(35-14-2-1-3-15-35)31-48(55-51)42-21-11-16-34-13-4-5-18-39(34)42/h1-31H. The van der Waals surface area contributed by atoms with E-state index in [0.717, 1.165) is 44.6 Å². The van der Waals surface area contributed by atoms with Crippen LogP contribution in [0.3, 0.4) is 0 Å². The third-order valence-corrected chi connectivity index (χ3v) is 12.5. The van der Waals surface area contributed by atoms with Crippen LogP contribution in [0.2, 0.25) is 0 Å².